The minimum absolute atomic E-state index is 0.268. The van der Waals surface area contributed by atoms with Crippen LogP contribution in [0.1, 0.15) is 32.0 Å². The second-order valence-electron chi connectivity index (χ2n) is 3.88. The molecule has 90 valence electrons. The van der Waals surface area contributed by atoms with E-state index in [9.17, 15) is 8.42 Å². The molecule has 0 aliphatic rings. The van der Waals surface area contributed by atoms with E-state index in [1.54, 1.807) is 20.0 Å². The van der Waals surface area contributed by atoms with Crippen molar-refractivity contribution in [2.24, 2.45) is 0 Å². The Morgan fingerprint density at radius 3 is 2.69 bits per heavy atom. The van der Waals surface area contributed by atoms with Crippen LogP contribution < -0.4 is 4.72 Å². The second kappa shape index (κ2) is 5.41. The smallest absolute Gasteiger partial charge is 0.214 e. The molecule has 16 heavy (non-hydrogen) atoms. The van der Waals surface area contributed by atoms with Crippen molar-refractivity contribution in [1.29, 1.82) is 0 Å². The third-order valence-corrected chi connectivity index (χ3v) is 4.21. The molecule has 0 aromatic carbocycles. The van der Waals surface area contributed by atoms with Crippen molar-refractivity contribution >= 4 is 10.0 Å². The molecule has 0 radical (unpaired) electrons. The van der Waals surface area contributed by atoms with E-state index in [0.717, 1.165) is 17.7 Å². The molecule has 0 bridgehead atoms. The van der Waals surface area contributed by atoms with E-state index in [4.69, 9.17) is 0 Å². The molecule has 0 atom stereocenters. The van der Waals surface area contributed by atoms with E-state index in [0.29, 0.717) is 0 Å². The maximum Gasteiger partial charge on any atom is 0.214 e. The van der Waals surface area contributed by atoms with E-state index < -0.39 is 15.3 Å². The maximum atomic E-state index is 11.6. The normalized spacial score (nSPS) is 12.0. The fourth-order valence-electron chi connectivity index (χ4n) is 1.29. The lowest BCUT2D eigenvalue weighted by molar-refractivity contribution is 0.571. The minimum Gasteiger partial charge on any atom is -0.260 e. The Kier molecular flexibility index (Phi) is 4.44. The van der Waals surface area contributed by atoms with E-state index in [2.05, 4.69) is 9.71 Å². The number of hydrogen-bond acceptors (Lipinski definition) is 3. The summed E-state index contributed by atoms with van der Waals surface area (Å²) in [5, 5.41) is -0.415. The van der Waals surface area contributed by atoms with Gasteiger partial charge in [-0.05, 0) is 31.9 Å². The van der Waals surface area contributed by atoms with Gasteiger partial charge >= 0.3 is 0 Å². The van der Waals surface area contributed by atoms with Gasteiger partial charge in [0.15, 0.2) is 0 Å². The summed E-state index contributed by atoms with van der Waals surface area (Å²) in [6.07, 6.45) is 2.53. The largest absolute Gasteiger partial charge is 0.260 e. The highest BCUT2D eigenvalue weighted by atomic mass is 32.2. The summed E-state index contributed by atoms with van der Waals surface area (Å²) in [7, 11) is -3.21. The lowest BCUT2D eigenvalue weighted by atomic mass is 10.1. The average molecular weight is 242 g/mol. The summed E-state index contributed by atoms with van der Waals surface area (Å²) in [6, 6.07) is 3.82. The quantitative estimate of drug-likeness (QED) is 0.850. The van der Waals surface area contributed by atoms with Crippen LogP contribution in [-0.4, -0.2) is 18.7 Å². The maximum absolute atomic E-state index is 11.6. The predicted molar refractivity (Wildman–Crippen MR) is 64.5 cm³/mol. The SMILES string of the molecule is CCc1cccnc1CNS(=O)(=O)C(C)C. The number of sulfonamides is 1. The van der Waals surface area contributed by atoms with Crippen molar-refractivity contribution in [2.75, 3.05) is 0 Å². The molecule has 1 N–H and O–H groups in total. The molecule has 0 saturated heterocycles. The highest BCUT2D eigenvalue weighted by Crippen LogP contribution is 2.07. The van der Waals surface area contributed by atoms with Crippen LogP contribution in [0.4, 0.5) is 0 Å². The van der Waals surface area contributed by atoms with Gasteiger partial charge in [0.25, 0.3) is 0 Å². The summed E-state index contributed by atoms with van der Waals surface area (Å²) in [5.74, 6) is 0. The Labute approximate surface area is 97.2 Å². The van der Waals surface area contributed by atoms with Crippen LogP contribution in [0.15, 0.2) is 18.3 Å². The first-order valence-corrected chi connectivity index (χ1v) is 6.93. The third-order valence-electron chi connectivity index (χ3n) is 2.43. The van der Waals surface area contributed by atoms with Gasteiger partial charge in [-0.1, -0.05) is 13.0 Å². The van der Waals surface area contributed by atoms with E-state index >= 15 is 0 Å². The van der Waals surface area contributed by atoms with Gasteiger partial charge in [0.05, 0.1) is 17.5 Å². The Morgan fingerprint density at radius 2 is 2.12 bits per heavy atom. The van der Waals surface area contributed by atoms with Crippen LogP contribution in [0.3, 0.4) is 0 Å². The predicted octanol–water partition coefficient (Wildman–Crippen LogP) is 1.47. The van der Waals surface area contributed by atoms with Crippen LogP contribution in [0.5, 0.6) is 0 Å². The van der Waals surface area contributed by atoms with Crippen LogP contribution in [-0.2, 0) is 23.0 Å². The molecule has 5 heteroatoms. The van der Waals surface area contributed by atoms with Gasteiger partial charge in [-0.25, -0.2) is 13.1 Å². The van der Waals surface area contributed by atoms with Crippen molar-refractivity contribution in [3.05, 3.63) is 29.6 Å². The van der Waals surface area contributed by atoms with Crippen molar-refractivity contribution in [3.8, 4) is 0 Å². The molecule has 0 fully saturated rings. The average Bonchev–Trinajstić information content (AvgIpc) is 2.26. The summed E-state index contributed by atoms with van der Waals surface area (Å²) in [4.78, 5) is 4.18. The van der Waals surface area contributed by atoms with E-state index in [1.165, 1.54) is 0 Å². The molecule has 0 amide bonds. The lowest BCUT2D eigenvalue weighted by Gasteiger charge is -2.10. The summed E-state index contributed by atoms with van der Waals surface area (Å²) >= 11 is 0. The molecule has 1 aromatic heterocycles. The topological polar surface area (TPSA) is 59.1 Å². The van der Waals surface area contributed by atoms with Gasteiger partial charge in [0.1, 0.15) is 0 Å². The summed E-state index contributed by atoms with van der Waals surface area (Å²) in [6.45, 7) is 5.60. The van der Waals surface area contributed by atoms with Gasteiger partial charge in [-0.15, -0.1) is 0 Å². The molecular formula is C11H18N2O2S. The first-order chi connectivity index (χ1) is 7.47. The molecule has 0 aliphatic carbocycles. The molecular weight excluding hydrogens is 224 g/mol. The number of aromatic nitrogens is 1. The number of hydrogen-bond donors (Lipinski definition) is 1. The van der Waals surface area contributed by atoms with Crippen LogP contribution in [0.2, 0.25) is 0 Å². The van der Waals surface area contributed by atoms with Crippen LogP contribution in [0.25, 0.3) is 0 Å². The van der Waals surface area contributed by atoms with Crippen LogP contribution >= 0.6 is 0 Å². The van der Waals surface area contributed by atoms with Gasteiger partial charge in [0, 0.05) is 6.20 Å². The molecule has 0 aliphatic heterocycles. The standard InChI is InChI=1S/C11H18N2O2S/c1-4-10-6-5-7-12-11(10)8-13-16(14,15)9(2)3/h5-7,9,13H,4,8H2,1-3H3. The highest BCUT2D eigenvalue weighted by molar-refractivity contribution is 7.90. The highest BCUT2D eigenvalue weighted by Gasteiger charge is 2.15. The van der Waals surface area contributed by atoms with Crippen molar-refractivity contribution in [3.63, 3.8) is 0 Å². The number of rotatable bonds is 5. The fourth-order valence-corrected chi connectivity index (χ4v) is 1.96. The molecule has 4 nitrogen and oxygen atoms in total. The molecule has 0 spiro atoms. The Balaban J connectivity index is 2.75. The third kappa shape index (κ3) is 3.28. The van der Waals surface area contributed by atoms with Gasteiger partial charge in [-0.3, -0.25) is 4.98 Å². The minimum atomic E-state index is -3.21. The number of aryl methyl sites for hydroxylation is 1. The van der Waals surface area contributed by atoms with Gasteiger partial charge < -0.3 is 0 Å². The van der Waals surface area contributed by atoms with E-state index in [-0.39, 0.29) is 6.54 Å². The monoisotopic (exact) mass is 242 g/mol. The Bertz CT molecular complexity index is 441. The zero-order valence-corrected chi connectivity index (χ0v) is 10.7. The molecule has 1 rings (SSSR count). The van der Waals surface area contributed by atoms with Gasteiger partial charge in [0.2, 0.25) is 10.0 Å². The number of nitrogens with zero attached hydrogens (tertiary/aromatic N) is 1. The van der Waals surface area contributed by atoms with Crippen molar-refractivity contribution < 1.29 is 8.42 Å². The zero-order valence-electron chi connectivity index (χ0n) is 9.90. The van der Waals surface area contributed by atoms with E-state index in [1.807, 2.05) is 19.1 Å². The molecule has 0 unspecified atom stereocenters. The Hall–Kier alpha value is -0.940. The van der Waals surface area contributed by atoms with Crippen LogP contribution in [0, 0.1) is 0 Å². The Morgan fingerprint density at radius 1 is 1.44 bits per heavy atom. The molecule has 1 aromatic rings. The zero-order chi connectivity index (χ0) is 12.2. The first kappa shape index (κ1) is 13.1. The lowest BCUT2D eigenvalue weighted by Crippen LogP contribution is -2.30. The number of nitrogens with one attached hydrogen (secondary N) is 1. The summed E-state index contributed by atoms with van der Waals surface area (Å²) in [5.41, 5.74) is 1.88. The van der Waals surface area contributed by atoms with Crippen molar-refractivity contribution in [1.82, 2.24) is 9.71 Å². The fraction of sp³-hybridized carbons (Fsp3) is 0.545. The molecule has 0 saturated carbocycles. The summed E-state index contributed by atoms with van der Waals surface area (Å²) < 4.78 is 25.7. The number of pyridine rings is 1. The van der Waals surface area contributed by atoms with Gasteiger partial charge in [-0.2, -0.15) is 0 Å². The first-order valence-electron chi connectivity index (χ1n) is 5.38. The molecule has 1 heterocycles. The second-order valence-corrected chi connectivity index (χ2v) is 6.20. The van der Waals surface area contributed by atoms with Crippen molar-refractivity contribution in [2.45, 2.75) is 39.0 Å².